The first-order chi connectivity index (χ1) is 7.15. The van der Waals surface area contributed by atoms with Gasteiger partial charge in [-0.05, 0) is 24.6 Å². The standard InChI is InChI=1S/C11H11ClN2S.ClH/c1-7-11(13)15-10(14-7)6-8-2-4-9(12)5-3-8;/h2-5H,6,13H2,1H3;1H. The average Bonchev–Trinajstić information content (AvgIpc) is 2.50. The second kappa shape index (κ2) is 5.53. The number of hydrogen-bond acceptors (Lipinski definition) is 3. The van der Waals surface area contributed by atoms with Crippen molar-refractivity contribution in [1.82, 2.24) is 4.98 Å². The van der Waals surface area contributed by atoms with Crippen LogP contribution in [0.15, 0.2) is 24.3 Å². The molecule has 0 aliphatic rings. The predicted molar refractivity (Wildman–Crippen MR) is 72.8 cm³/mol. The Morgan fingerprint density at radius 3 is 2.44 bits per heavy atom. The van der Waals surface area contributed by atoms with Crippen molar-refractivity contribution in [3.8, 4) is 0 Å². The summed E-state index contributed by atoms with van der Waals surface area (Å²) in [7, 11) is 0. The molecular weight excluding hydrogens is 263 g/mol. The van der Waals surface area contributed by atoms with Crippen LogP contribution in [0.25, 0.3) is 0 Å². The first-order valence-corrected chi connectivity index (χ1v) is 5.81. The van der Waals surface area contributed by atoms with Gasteiger partial charge in [0.05, 0.1) is 10.7 Å². The Hall–Kier alpha value is -0.770. The minimum atomic E-state index is 0. The van der Waals surface area contributed by atoms with E-state index in [-0.39, 0.29) is 12.4 Å². The summed E-state index contributed by atoms with van der Waals surface area (Å²) in [5, 5.41) is 2.61. The zero-order chi connectivity index (χ0) is 10.8. The summed E-state index contributed by atoms with van der Waals surface area (Å²) in [6, 6.07) is 7.80. The maximum absolute atomic E-state index is 5.81. The van der Waals surface area contributed by atoms with Crippen LogP contribution < -0.4 is 5.73 Å². The molecule has 2 nitrogen and oxygen atoms in total. The minimum absolute atomic E-state index is 0. The zero-order valence-electron chi connectivity index (χ0n) is 8.74. The maximum Gasteiger partial charge on any atom is 0.109 e. The fourth-order valence-corrected chi connectivity index (χ4v) is 2.31. The van der Waals surface area contributed by atoms with Crippen molar-refractivity contribution >= 4 is 40.3 Å². The summed E-state index contributed by atoms with van der Waals surface area (Å²) in [5.41, 5.74) is 7.88. The van der Waals surface area contributed by atoms with Gasteiger partial charge in [-0.1, -0.05) is 23.7 Å². The monoisotopic (exact) mass is 274 g/mol. The topological polar surface area (TPSA) is 38.9 Å². The summed E-state index contributed by atoms with van der Waals surface area (Å²) < 4.78 is 0. The molecule has 0 amide bonds. The quantitative estimate of drug-likeness (QED) is 0.907. The molecular formula is C11H12Cl2N2S. The highest BCUT2D eigenvalue weighted by atomic mass is 35.5. The summed E-state index contributed by atoms with van der Waals surface area (Å²) in [5.74, 6) is 0. The normalized spacial score (nSPS) is 9.88. The van der Waals surface area contributed by atoms with Gasteiger partial charge >= 0.3 is 0 Å². The van der Waals surface area contributed by atoms with Crippen LogP contribution >= 0.6 is 35.3 Å². The van der Waals surface area contributed by atoms with Gasteiger partial charge in [0.15, 0.2) is 0 Å². The van der Waals surface area contributed by atoms with Crippen LogP contribution in [0.2, 0.25) is 5.02 Å². The molecule has 0 aliphatic carbocycles. The SMILES string of the molecule is Cc1nc(Cc2ccc(Cl)cc2)sc1N.Cl. The Morgan fingerprint density at radius 1 is 1.31 bits per heavy atom. The van der Waals surface area contributed by atoms with Crippen molar-refractivity contribution in [3.63, 3.8) is 0 Å². The fraction of sp³-hybridized carbons (Fsp3) is 0.182. The molecule has 1 aromatic heterocycles. The minimum Gasteiger partial charge on any atom is -0.389 e. The molecule has 2 N–H and O–H groups in total. The third-order valence-electron chi connectivity index (χ3n) is 2.15. The zero-order valence-corrected chi connectivity index (χ0v) is 11.1. The van der Waals surface area contributed by atoms with Crippen LogP contribution in [0.4, 0.5) is 5.00 Å². The number of thiazole rings is 1. The largest absolute Gasteiger partial charge is 0.389 e. The van der Waals surface area contributed by atoms with Crippen LogP contribution in [0.5, 0.6) is 0 Å². The average molecular weight is 275 g/mol. The van der Waals surface area contributed by atoms with Crippen LogP contribution in [0.1, 0.15) is 16.3 Å². The number of hydrogen-bond donors (Lipinski definition) is 1. The van der Waals surface area contributed by atoms with E-state index in [0.717, 1.165) is 27.1 Å². The van der Waals surface area contributed by atoms with Crippen molar-refractivity contribution in [2.45, 2.75) is 13.3 Å². The highest BCUT2D eigenvalue weighted by Gasteiger charge is 2.04. The highest BCUT2D eigenvalue weighted by molar-refractivity contribution is 7.15. The van der Waals surface area contributed by atoms with E-state index in [1.807, 2.05) is 31.2 Å². The predicted octanol–water partition coefficient (Wildman–Crippen LogP) is 3.70. The van der Waals surface area contributed by atoms with E-state index in [1.54, 1.807) is 11.3 Å². The highest BCUT2D eigenvalue weighted by Crippen LogP contribution is 2.22. The molecule has 1 aromatic carbocycles. The molecule has 86 valence electrons. The molecule has 0 spiro atoms. The second-order valence-electron chi connectivity index (χ2n) is 3.36. The lowest BCUT2D eigenvalue weighted by Gasteiger charge is -1.97. The van der Waals surface area contributed by atoms with E-state index in [1.165, 1.54) is 5.56 Å². The first kappa shape index (κ1) is 13.3. The van der Waals surface area contributed by atoms with Crippen LogP contribution in [-0.2, 0) is 6.42 Å². The molecule has 0 aliphatic heterocycles. The van der Waals surface area contributed by atoms with Gasteiger partial charge < -0.3 is 5.73 Å². The van der Waals surface area contributed by atoms with Gasteiger partial charge in [-0.2, -0.15) is 0 Å². The number of benzene rings is 1. The molecule has 0 unspecified atom stereocenters. The second-order valence-corrected chi connectivity index (χ2v) is 4.91. The Balaban J connectivity index is 0.00000128. The lowest BCUT2D eigenvalue weighted by atomic mass is 10.2. The van der Waals surface area contributed by atoms with Gasteiger partial charge in [0, 0.05) is 11.4 Å². The summed E-state index contributed by atoms with van der Waals surface area (Å²) in [6.45, 7) is 1.93. The van der Waals surface area contributed by atoms with Crippen molar-refractivity contribution < 1.29 is 0 Å². The van der Waals surface area contributed by atoms with Gasteiger partial charge in [0.1, 0.15) is 5.00 Å². The van der Waals surface area contributed by atoms with E-state index in [2.05, 4.69) is 4.98 Å². The molecule has 2 rings (SSSR count). The number of nitrogen functional groups attached to an aromatic ring is 1. The van der Waals surface area contributed by atoms with Gasteiger partial charge in [-0.25, -0.2) is 4.98 Å². The van der Waals surface area contributed by atoms with Crippen molar-refractivity contribution in [1.29, 1.82) is 0 Å². The van der Waals surface area contributed by atoms with E-state index >= 15 is 0 Å². The Bertz CT molecular complexity index is 446. The van der Waals surface area contributed by atoms with Gasteiger partial charge in [-0.15, -0.1) is 23.7 Å². The number of anilines is 1. The molecule has 16 heavy (non-hydrogen) atoms. The molecule has 0 atom stereocenters. The molecule has 0 fully saturated rings. The number of aryl methyl sites for hydroxylation is 1. The number of rotatable bonds is 2. The summed E-state index contributed by atoms with van der Waals surface area (Å²) >= 11 is 7.36. The number of nitrogens with two attached hydrogens (primary N) is 1. The van der Waals surface area contributed by atoms with Gasteiger partial charge in [0.2, 0.25) is 0 Å². The van der Waals surface area contributed by atoms with E-state index < -0.39 is 0 Å². The maximum atomic E-state index is 5.81. The molecule has 0 bridgehead atoms. The fourth-order valence-electron chi connectivity index (χ4n) is 1.32. The number of aromatic nitrogens is 1. The lowest BCUT2D eigenvalue weighted by molar-refractivity contribution is 1.10. The third-order valence-corrected chi connectivity index (χ3v) is 3.38. The number of nitrogens with zero attached hydrogens (tertiary/aromatic N) is 1. The Morgan fingerprint density at radius 2 is 1.94 bits per heavy atom. The van der Waals surface area contributed by atoms with E-state index in [9.17, 15) is 0 Å². The van der Waals surface area contributed by atoms with Crippen LogP contribution in [0.3, 0.4) is 0 Å². The molecule has 2 aromatic rings. The van der Waals surface area contributed by atoms with Crippen LogP contribution in [-0.4, -0.2) is 4.98 Å². The summed E-state index contributed by atoms with van der Waals surface area (Å²) in [6.07, 6.45) is 0.819. The smallest absolute Gasteiger partial charge is 0.109 e. The van der Waals surface area contributed by atoms with E-state index in [0.29, 0.717) is 0 Å². The molecule has 0 saturated carbocycles. The molecule has 0 radical (unpaired) electrons. The van der Waals surface area contributed by atoms with Crippen molar-refractivity contribution in [3.05, 3.63) is 45.6 Å². The van der Waals surface area contributed by atoms with Gasteiger partial charge in [0.25, 0.3) is 0 Å². The van der Waals surface area contributed by atoms with Gasteiger partial charge in [-0.3, -0.25) is 0 Å². The summed E-state index contributed by atoms with van der Waals surface area (Å²) in [4.78, 5) is 4.39. The molecule has 0 saturated heterocycles. The molecule has 1 heterocycles. The Kier molecular flexibility index (Phi) is 4.59. The van der Waals surface area contributed by atoms with Crippen LogP contribution in [0, 0.1) is 6.92 Å². The van der Waals surface area contributed by atoms with Crippen molar-refractivity contribution in [2.24, 2.45) is 0 Å². The Labute approximate surface area is 110 Å². The van der Waals surface area contributed by atoms with E-state index in [4.69, 9.17) is 17.3 Å². The number of halogens is 2. The third kappa shape index (κ3) is 3.11. The lowest BCUT2D eigenvalue weighted by Crippen LogP contribution is -1.86. The molecule has 5 heteroatoms. The van der Waals surface area contributed by atoms with Crippen molar-refractivity contribution in [2.75, 3.05) is 5.73 Å². The first-order valence-electron chi connectivity index (χ1n) is 4.61.